The molecular weight excluding hydrogens is 216 g/mol. The van der Waals surface area contributed by atoms with Crippen LogP contribution in [0, 0.1) is 5.92 Å². The second kappa shape index (κ2) is 4.94. The summed E-state index contributed by atoms with van der Waals surface area (Å²) in [6, 6.07) is 0.403. The van der Waals surface area contributed by atoms with E-state index in [9.17, 15) is 9.90 Å². The van der Waals surface area contributed by atoms with Gasteiger partial charge >= 0.3 is 0 Å². The van der Waals surface area contributed by atoms with Crippen molar-refractivity contribution in [1.29, 1.82) is 0 Å². The molecule has 0 spiro atoms. The predicted octanol–water partition coefficient (Wildman–Crippen LogP) is 0.748. The smallest absolute Gasteiger partial charge is 0.222 e. The molecule has 2 N–H and O–H groups in total. The molecule has 0 aliphatic carbocycles. The molecule has 17 heavy (non-hydrogen) atoms. The van der Waals surface area contributed by atoms with Crippen molar-refractivity contribution in [3.63, 3.8) is 0 Å². The monoisotopic (exact) mass is 240 g/mol. The molecule has 0 aromatic heterocycles. The van der Waals surface area contributed by atoms with Gasteiger partial charge in [0.05, 0.1) is 5.60 Å². The highest BCUT2D eigenvalue weighted by molar-refractivity contribution is 5.77. The summed E-state index contributed by atoms with van der Waals surface area (Å²) >= 11 is 0. The van der Waals surface area contributed by atoms with Crippen molar-refractivity contribution >= 4 is 5.91 Å². The number of rotatable bonds is 3. The molecule has 98 valence electrons. The Morgan fingerprint density at radius 2 is 2.24 bits per heavy atom. The molecule has 0 radical (unpaired) electrons. The standard InChI is InChI=1S/C13H24N2O2/c1-13(2,17)6-8-15-11-5-7-14-9-10(11)3-4-12(15)16/h10-11,14,17H,3-9H2,1-2H3. The van der Waals surface area contributed by atoms with Crippen LogP contribution in [0.4, 0.5) is 0 Å². The Balaban J connectivity index is 1.98. The van der Waals surface area contributed by atoms with Crippen LogP contribution in [0.25, 0.3) is 0 Å². The van der Waals surface area contributed by atoms with Gasteiger partial charge in [0.25, 0.3) is 0 Å². The normalized spacial score (nSPS) is 30.3. The van der Waals surface area contributed by atoms with E-state index in [-0.39, 0.29) is 5.91 Å². The minimum Gasteiger partial charge on any atom is -0.390 e. The number of carbonyl (C=O) groups is 1. The van der Waals surface area contributed by atoms with Crippen LogP contribution >= 0.6 is 0 Å². The van der Waals surface area contributed by atoms with Gasteiger partial charge in [-0.15, -0.1) is 0 Å². The number of amides is 1. The molecule has 0 aromatic carbocycles. The average molecular weight is 240 g/mol. The first-order valence-corrected chi connectivity index (χ1v) is 6.70. The van der Waals surface area contributed by atoms with Crippen molar-refractivity contribution in [3.05, 3.63) is 0 Å². The van der Waals surface area contributed by atoms with Crippen molar-refractivity contribution in [1.82, 2.24) is 10.2 Å². The first-order chi connectivity index (χ1) is 7.97. The number of fused-ring (bicyclic) bond motifs is 1. The Kier molecular flexibility index (Phi) is 3.73. The lowest BCUT2D eigenvalue weighted by Gasteiger charge is -2.44. The minimum atomic E-state index is -0.680. The molecule has 0 saturated carbocycles. The van der Waals surface area contributed by atoms with Crippen molar-refractivity contribution in [3.8, 4) is 0 Å². The number of nitrogens with one attached hydrogen (secondary N) is 1. The first-order valence-electron chi connectivity index (χ1n) is 6.70. The molecule has 2 fully saturated rings. The zero-order chi connectivity index (χ0) is 12.5. The lowest BCUT2D eigenvalue weighted by atomic mass is 9.84. The van der Waals surface area contributed by atoms with E-state index < -0.39 is 5.60 Å². The minimum absolute atomic E-state index is 0.275. The van der Waals surface area contributed by atoms with Crippen LogP contribution in [-0.2, 0) is 4.79 Å². The Bertz CT molecular complexity index is 286. The summed E-state index contributed by atoms with van der Waals surface area (Å²) in [6.45, 7) is 6.36. The third-order valence-electron chi connectivity index (χ3n) is 3.98. The second-order valence-corrected chi connectivity index (χ2v) is 6.01. The molecule has 4 nitrogen and oxygen atoms in total. The predicted molar refractivity (Wildman–Crippen MR) is 66.6 cm³/mol. The SMILES string of the molecule is CC(C)(O)CCN1C(=O)CCC2CNCCC21. The number of nitrogens with zero attached hydrogens (tertiary/aromatic N) is 1. The molecule has 2 heterocycles. The van der Waals surface area contributed by atoms with Crippen molar-refractivity contribution in [2.24, 2.45) is 5.92 Å². The molecule has 2 atom stereocenters. The largest absolute Gasteiger partial charge is 0.390 e. The number of carbonyl (C=O) groups excluding carboxylic acids is 1. The van der Waals surface area contributed by atoms with Gasteiger partial charge in [-0.3, -0.25) is 4.79 Å². The summed E-state index contributed by atoms with van der Waals surface area (Å²) in [5.41, 5.74) is -0.680. The Hall–Kier alpha value is -0.610. The number of aliphatic hydroxyl groups is 1. The molecule has 4 heteroatoms. The highest BCUT2D eigenvalue weighted by Crippen LogP contribution is 2.29. The van der Waals surface area contributed by atoms with Crippen LogP contribution < -0.4 is 5.32 Å². The maximum absolute atomic E-state index is 12.0. The highest BCUT2D eigenvalue weighted by Gasteiger charge is 2.37. The van der Waals surface area contributed by atoms with E-state index in [1.54, 1.807) is 13.8 Å². The van der Waals surface area contributed by atoms with Gasteiger partial charge in [-0.1, -0.05) is 0 Å². The summed E-state index contributed by atoms with van der Waals surface area (Å²) in [4.78, 5) is 14.0. The Labute approximate surface area is 103 Å². The van der Waals surface area contributed by atoms with Gasteiger partial charge < -0.3 is 15.3 Å². The first kappa shape index (κ1) is 12.8. The lowest BCUT2D eigenvalue weighted by Crippen LogP contribution is -2.55. The fourth-order valence-corrected chi connectivity index (χ4v) is 2.94. The zero-order valence-corrected chi connectivity index (χ0v) is 10.9. The van der Waals surface area contributed by atoms with E-state index in [0.717, 1.165) is 25.9 Å². The molecule has 2 saturated heterocycles. The van der Waals surface area contributed by atoms with Gasteiger partial charge in [0.15, 0.2) is 0 Å². The molecule has 2 aliphatic rings. The van der Waals surface area contributed by atoms with Crippen LogP contribution in [0.5, 0.6) is 0 Å². The fraction of sp³-hybridized carbons (Fsp3) is 0.923. The third kappa shape index (κ3) is 3.19. The van der Waals surface area contributed by atoms with Crippen LogP contribution in [0.1, 0.15) is 39.5 Å². The van der Waals surface area contributed by atoms with E-state index >= 15 is 0 Å². The fourth-order valence-electron chi connectivity index (χ4n) is 2.94. The van der Waals surface area contributed by atoms with Crippen LogP contribution in [0.3, 0.4) is 0 Å². The summed E-state index contributed by atoms with van der Waals surface area (Å²) in [7, 11) is 0. The van der Waals surface area contributed by atoms with E-state index in [4.69, 9.17) is 0 Å². The Morgan fingerprint density at radius 3 is 2.94 bits per heavy atom. The molecule has 2 aliphatic heterocycles. The number of hydrogen-bond donors (Lipinski definition) is 2. The molecular formula is C13H24N2O2. The van der Waals surface area contributed by atoms with Crippen molar-refractivity contribution < 1.29 is 9.90 Å². The van der Waals surface area contributed by atoms with Gasteiger partial charge in [0.2, 0.25) is 5.91 Å². The molecule has 1 amide bonds. The topological polar surface area (TPSA) is 52.6 Å². The van der Waals surface area contributed by atoms with E-state index in [1.807, 2.05) is 4.90 Å². The van der Waals surface area contributed by atoms with Gasteiger partial charge in [-0.05, 0) is 52.1 Å². The maximum Gasteiger partial charge on any atom is 0.222 e. The third-order valence-corrected chi connectivity index (χ3v) is 3.98. The zero-order valence-electron chi connectivity index (χ0n) is 10.9. The van der Waals surface area contributed by atoms with Gasteiger partial charge in [0, 0.05) is 19.0 Å². The number of piperidine rings is 2. The average Bonchev–Trinajstić information content (AvgIpc) is 2.26. The molecule has 0 aromatic rings. The molecule has 2 unspecified atom stereocenters. The van der Waals surface area contributed by atoms with Crippen molar-refractivity contribution in [2.75, 3.05) is 19.6 Å². The number of likely N-dealkylation sites (tertiary alicyclic amines) is 1. The second-order valence-electron chi connectivity index (χ2n) is 6.01. The summed E-state index contributed by atoms with van der Waals surface area (Å²) < 4.78 is 0. The van der Waals surface area contributed by atoms with E-state index in [1.165, 1.54) is 0 Å². The summed E-state index contributed by atoms with van der Waals surface area (Å²) in [6.07, 6.45) is 3.42. The van der Waals surface area contributed by atoms with Gasteiger partial charge in [-0.2, -0.15) is 0 Å². The van der Waals surface area contributed by atoms with Gasteiger partial charge in [0.1, 0.15) is 0 Å². The van der Waals surface area contributed by atoms with Crippen molar-refractivity contribution in [2.45, 2.75) is 51.2 Å². The maximum atomic E-state index is 12.0. The van der Waals surface area contributed by atoms with Crippen LogP contribution in [-0.4, -0.2) is 47.2 Å². The van der Waals surface area contributed by atoms with Crippen LogP contribution in [0.15, 0.2) is 0 Å². The van der Waals surface area contributed by atoms with Gasteiger partial charge in [-0.25, -0.2) is 0 Å². The Morgan fingerprint density at radius 1 is 1.47 bits per heavy atom. The number of hydrogen-bond acceptors (Lipinski definition) is 3. The summed E-state index contributed by atoms with van der Waals surface area (Å²) in [5.74, 6) is 0.889. The molecule has 2 rings (SSSR count). The van der Waals surface area contributed by atoms with E-state index in [0.29, 0.717) is 31.3 Å². The summed E-state index contributed by atoms with van der Waals surface area (Å²) in [5, 5.41) is 13.2. The van der Waals surface area contributed by atoms with Crippen LogP contribution in [0.2, 0.25) is 0 Å². The lowest BCUT2D eigenvalue weighted by molar-refractivity contribution is -0.140. The van der Waals surface area contributed by atoms with E-state index in [2.05, 4.69) is 5.32 Å². The highest BCUT2D eigenvalue weighted by atomic mass is 16.3. The quantitative estimate of drug-likeness (QED) is 0.765. The molecule has 0 bridgehead atoms.